The van der Waals surface area contributed by atoms with Gasteiger partial charge < -0.3 is 20.1 Å². The van der Waals surface area contributed by atoms with Gasteiger partial charge in [-0.25, -0.2) is 4.39 Å². The number of nitrogens with one attached hydrogen (secondary N) is 2. The Bertz CT molecular complexity index is 1270. The maximum absolute atomic E-state index is 13.7. The standard InChI is InChI=1S/C25H21ClFN3O3S/c1-25-20(23(31)28-16-10-6-14(26)7-11-16)21(18-4-3-5-19(32-2)22(18)33-25)29-24(34)30(25)17-12-8-15(27)9-13-17/h3-13,20-21H,1-2H3,(H,28,31)(H,29,34)/t20-,21+,25+/m1/s1. The fourth-order valence-electron chi connectivity index (χ4n) is 4.66. The number of nitrogens with zero attached hydrogens (tertiary/aromatic N) is 1. The predicted octanol–water partition coefficient (Wildman–Crippen LogP) is 5.29. The number of carbonyl (C=O) groups excluding carboxylic acids is 1. The minimum atomic E-state index is -1.25. The van der Waals surface area contributed by atoms with Crippen molar-refractivity contribution < 1.29 is 18.7 Å². The van der Waals surface area contributed by atoms with E-state index in [1.807, 2.05) is 12.1 Å². The van der Waals surface area contributed by atoms with Crippen LogP contribution in [-0.2, 0) is 4.79 Å². The molecule has 1 amide bonds. The van der Waals surface area contributed by atoms with E-state index < -0.39 is 17.7 Å². The Morgan fingerprint density at radius 2 is 1.88 bits per heavy atom. The summed E-state index contributed by atoms with van der Waals surface area (Å²) in [5, 5.41) is 7.22. The van der Waals surface area contributed by atoms with Crippen LogP contribution < -0.4 is 25.0 Å². The summed E-state index contributed by atoms with van der Waals surface area (Å²) in [6, 6.07) is 17.8. The number of benzene rings is 3. The number of methoxy groups -OCH3 is 1. The molecule has 2 aliphatic heterocycles. The van der Waals surface area contributed by atoms with E-state index in [2.05, 4.69) is 10.6 Å². The first-order valence-electron chi connectivity index (χ1n) is 10.6. The van der Waals surface area contributed by atoms with Crippen molar-refractivity contribution in [2.45, 2.75) is 18.7 Å². The van der Waals surface area contributed by atoms with Crippen molar-refractivity contribution in [3.05, 3.63) is 83.1 Å². The molecule has 2 heterocycles. The van der Waals surface area contributed by atoms with Gasteiger partial charge in [-0.3, -0.25) is 9.69 Å². The van der Waals surface area contributed by atoms with Gasteiger partial charge in [-0.05, 0) is 73.7 Å². The number of thiocarbonyl (C=S) groups is 1. The summed E-state index contributed by atoms with van der Waals surface area (Å²) < 4.78 is 25.8. The predicted molar refractivity (Wildman–Crippen MR) is 133 cm³/mol. The van der Waals surface area contributed by atoms with E-state index in [1.54, 1.807) is 61.4 Å². The molecule has 0 saturated carbocycles. The van der Waals surface area contributed by atoms with Crippen molar-refractivity contribution in [1.82, 2.24) is 5.32 Å². The van der Waals surface area contributed by atoms with Crippen LogP contribution in [0.25, 0.3) is 0 Å². The number of carbonyl (C=O) groups is 1. The Labute approximate surface area is 206 Å². The highest BCUT2D eigenvalue weighted by Gasteiger charge is 2.59. The monoisotopic (exact) mass is 497 g/mol. The highest BCUT2D eigenvalue weighted by Crippen LogP contribution is 2.52. The van der Waals surface area contributed by atoms with E-state index in [-0.39, 0.29) is 11.7 Å². The van der Waals surface area contributed by atoms with Crippen molar-refractivity contribution >= 4 is 46.2 Å². The van der Waals surface area contributed by atoms with Crippen molar-refractivity contribution in [3.8, 4) is 11.5 Å². The Kier molecular flexibility index (Phi) is 5.58. The van der Waals surface area contributed by atoms with Gasteiger partial charge in [-0.1, -0.05) is 23.7 Å². The number of hydrogen-bond donors (Lipinski definition) is 2. The smallest absolute Gasteiger partial charge is 0.236 e. The zero-order valence-corrected chi connectivity index (χ0v) is 19.9. The molecule has 2 bridgehead atoms. The maximum atomic E-state index is 13.7. The lowest BCUT2D eigenvalue weighted by atomic mass is 9.78. The van der Waals surface area contributed by atoms with E-state index in [1.165, 1.54) is 12.1 Å². The molecule has 2 aliphatic rings. The van der Waals surface area contributed by atoms with Crippen molar-refractivity contribution in [2.24, 2.45) is 5.92 Å². The topological polar surface area (TPSA) is 62.8 Å². The maximum Gasteiger partial charge on any atom is 0.236 e. The molecule has 3 aromatic carbocycles. The highest BCUT2D eigenvalue weighted by atomic mass is 35.5. The molecule has 1 fully saturated rings. The van der Waals surface area contributed by atoms with Crippen LogP contribution in [-0.4, -0.2) is 23.9 Å². The zero-order valence-electron chi connectivity index (χ0n) is 18.3. The minimum absolute atomic E-state index is 0.273. The Morgan fingerprint density at radius 3 is 2.56 bits per heavy atom. The summed E-state index contributed by atoms with van der Waals surface area (Å²) in [7, 11) is 1.56. The fraction of sp³-hybridized carbons (Fsp3) is 0.200. The molecule has 9 heteroatoms. The molecule has 174 valence electrons. The number of rotatable bonds is 4. The SMILES string of the molecule is COc1cccc2c1O[C@@]1(C)[C@@H](C(=O)Nc3ccc(Cl)cc3)[C@H]2NC(=S)N1c1ccc(F)cc1. The lowest BCUT2D eigenvalue weighted by molar-refractivity contribution is -0.130. The molecule has 5 rings (SSSR count). The van der Waals surface area contributed by atoms with Crippen LogP contribution in [0.15, 0.2) is 66.7 Å². The second-order valence-corrected chi connectivity index (χ2v) is 9.07. The number of ether oxygens (including phenoxy) is 2. The van der Waals surface area contributed by atoms with Crippen LogP contribution in [0.3, 0.4) is 0 Å². The van der Waals surface area contributed by atoms with Crippen LogP contribution in [0, 0.1) is 11.7 Å². The van der Waals surface area contributed by atoms with Crippen LogP contribution in [0.2, 0.25) is 5.02 Å². The number of hydrogen-bond acceptors (Lipinski definition) is 4. The highest BCUT2D eigenvalue weighted by molar-refractivity contribution is 7.80. The number of para-hydroxylation sites is 1. The molecule has 0 aliphatic carbocycles. The molecule has 0 aromatic heterocycles. The van der Waals surface area contributed by atoms with Gasteiger partial charge in [0.1, 0.15) is 11.7 Å². The third kappa shape index (κ3) is 3.63. The van der Waals surface area contributed by atoms with Gasteiger partial charge in [0.2, 0.25) is 5.91 Å². The van der Waals surface area contributed by atoms with Gasteiger partial charge in [0.05, 0.1) is 13.2 Å². The third-order valence-electron chi connectivity index (χ3n) is 6.19. The molecule has 3 aromatic rings. The van der Waals surface area contributed by atoms with Gasteiger partial charge in [0.15, 0.2) is 22.3 Å². The first kappa shape index (κ1) is 22.4. The van der Waals surface area contributed by atoms with Crippen LogP contribution >= 0.6 is 23.8 Å². The van der Waals surface area contributed by atoms with Gasteiger partial charge in [0, 0.05) is 22.0 Å². The molecule has 34 heavy (non-hydrogen) atoms. The van der Waals surface area contributed by atoms with Crippen LogP contribution in [0.1, 0.15) is 18.5 Å². The molecule has 2 N–H and O–H groups in total. The van der Waals surface area contributed by atoms with E-state index in [0.29, 0.717) is 33.0 Å². The second kappa shape index (κ2) is 8.45. The van der Waals surface area contributed by atoms with E-state index in [0.717, 1.165) is 5.56 Å². The molecule has 3 atom stereocenters. The summed E-state index contributed by atoms with van der Waals surface area (Å²) in [6.07, 6.45) is 0. The molecule has 6 nitrogen and oxygen atoms in total. The number of fused-ring (bicyclic) bond motifs is 4. The molecule has 1 saturated heterocycles. The summed E-state index contributed by atoms with van der Waals surface area (Å²) in [5.41, 5.74) is 0.697. The number of anilines is 2. The zero-order chi connectivity index (χ0) is 24.0. The summed E-state index contributed by atoms with van der Waals surface area (Å²) in [5.74, 6) is -0.324. The second-order valence-electron chi connectivity index (χ2n) is 8.25. The van der Waals surface area contributed by atoms with Gasteiger partial charge in [-0.15, -0.1) is 0 Å². The van der Waals surface area contributed by atoms with Gasteiger partial charge in [-0.2, -0.15) is 0 Å². The fourth-order valence-corrected chi connectivity index (χ4v) is 5.20. The first-order chi connectivity index (χ1) is 16.3. The number of amides is 1. The van der Waals surface area contributed by atoms with Crippen molar-refractivity contribution in [3.63, 3.8) is 0 Å². The molecular weight excluding hydrogens is 477 g/mol. The third-order valence-corrected chi connectivity index (χ3v) is 6.74. The molecular formula is C25H21ClFN3O3S. The Balaban J connectivity index is 1.64. The normalized spacial score (nSPS) is 22.8. The molecule has 0 unspecified atom stereocenters. The van der Waals surface area contributed by atoms with Crippen molar-refractivity contribution in [1.29, 1.82) is 0 Å². The van der Waals surface area contributed by atoms with Crippen molar-refractivity contribution in [2.75, 3.05) is 17.3 Å². The van der Waals surface area contributed by atoms with Crippen LogP contribution in [0.4, 0.5) is 15.8 Å². The number of halogens is 2. The lowest BCUT2D eigenvalue weighted by Crippen LogP contribution is -2.72. The average molecular weight is 498 g/mol. The van der Waals surface area contributed by atoms with E-state index >= 15 is 0 Å². The average Bonchev–Trinajstić information content (AvgIpc) is 2.81. The largest absolute Gasteiger partial charge is 0.493 e. The quantitative estimate of drug-likeness (QED) is 0.478. The summed E-state index contributed by atoms with van der Waals surface area (Å²) in [6.45, 7) is 1.80. The Hall–Kier alpha value is -3.36. The molecule has 0 spiro atoms. The Morgan fingerprint density at radius 1 is 1.18 bits per heavy atom. The lowest BCUT2D eigenvalue weighted by Gasteiger charge is -2.56. The van der Waals surface area contributed by atoms with Crippen LogP contribution in [0.5, 0.6) is 11.5 Å². The van der Waals surface area contributed by atoms with Gasteiger partial charge in [0.25, 0.3) is 0 Å². The molecule has 0 radical (unpaired) electrons. The summed E-state index contributed by atoms with van der Waals surface area (Å²) >= 11 is 11.7. The minimum Gasteiger partial charge on any atom is -0.493 e. The van der Waals surface area contributed by atoms with Gasteiger partial charge >= 0.3 is 0 Å². The summed E-state index contributed by atoms with van der Waals surface area (Å²) in [4.78, 5) is 15.5. The first-order valence-corrected chi connectivity index (χ1v) is 11.4. The van der Waals surface area contributed by atoms with E-state index in [4.69, 9.17) is 33.3 Å². The van der Waals surface area contributed by atoms with E-state index in [9.17, 15) is 9.18 Å².